The van der Waals surface area contributed by atoms with Crippen LogP contribution < -0.4 is 5.32 Å². The van der Waals surface area contributed by atoms with Gasteiger partial charge in [0.25, 0.3) is 0 Å². The van der Waals surface area contributed by atoms with Gasteiger partial charge >= 0.3 is 0 Å². The second-order valence-electron chi connectivity index (χ2n) is 20.5. The first-order chi connectivity index (χ1) is 32.6. The summed E-state index contributed by atoms with van der Waals surface area (Å²) in [5.41, 5.74) is 0. The number of aliphatic hydroxyl groups is 3. The Morgan fingerprint density at radius 3 is 0.924 bits per heavy atom. The van der Waals surface area contributed by atoms with Crippen molar-refractivity contribution < 1.29 is 20.1 Å². The molecule has 0 radical (unpaired) electrons. The summed E-state index contributed by atoms with van der Waals surface area (Å²) in [6, 6.07) is -0.815. The molecule has 3 atom stereocenters. The molecule has 3 unspecified atom stereocenters. The number of amides is 1. The normalized spacial score (nSPS) is 13.5. The lowest BCUT2D eigenvalue weighted by Crippen LogP contribution is -2.48. The lowest BCUT2D eigenvalue weighted by molar-refractivity contribution is -0.131. The summed E-state index contributed by atoms with van der Waals surface area (Å²) >= 11 is 0. The van der Waals surface area contributed by atoms with E-state index in [0.717, 1.165) is 38.5 Å². The van der Waals surface area contributed by atoms with Crippen LogP contribution in [0, 0.1) is 0 Å². The minimum atomic E-state index is -1.11. The zero-order valence-corrected chi connectivity index (χ0v) is 44.6. The average Bonchev–Trinajstić information content (AvgIpc) is 3.32. The largest absolute Gasteiger partial charge is 0.394 e. The first-order valence-electron chi connectivity index (χ1n) is 29.8. The van der Waals surface area contributed by atoms with Crippen LogP contribution in [0.4, 0.5) is 0 Å². The van der Waals surface area contributed by atoms with E-state index in [4.69, 9.17) is 0 Å². The van der Waals surface area contributed by atoms with Crippen molar-refractivity contribution in [3.8, 4) is 0 Å². The maximum absolute atomic E-state index is 12.6. The number of rotatable bonds is 55. The van der Waals surface area contributed by atoms with E-state index in [-0.39, 0.29) is 6.61 Å². The van der Waals surface area contributed by atoms with E-state index >= 15 is 0 Å². The van der Waals surface area contributed by atoms with E-state index in [0.29, 0.717) is 6.42 Å². The van der Waals surface area contributed by atoms with Gasteiger partial charge in [0.15, 0.2) is 0 Å². The van der Waals surface area contributed by atoms with Crippen LogP contribution in [0.15, 0.2) is 36.5 Å². The fraction of sp³-hybridized carbons (Fsp3) is 0.885. The van der Waals surface area contributed by atoms with Gasteiger partial charge in [0.2, 0.25) is 5.91 Å². The van der Waals surface area contributed by atoms with E-state index in [1.54, 1.807) is 6.08 Å². The Kier molecular flexibility index (Phi) is 54.9. The Morgan fingerprint density at radius 2 is 0.621 bits per heavy atom. The Balaban J connectivity index is 3.58. The van der Waals surface area contributed by atoms with Crippen LogP contribution in [0.1, 0.15) is 322 Å². The first-order valence-corrected chi connectivity index (χ1v) is 29.8. The molecular weight excluding hydrogens is 811 g/mol. The average molecular weight is 929 g/mol. The zero-order valence-electron chi connectivity index (χ0n) is 44.6. The van der Waals surface area contributed by atoms with Crippen molar-refractivity contribution in [1.82, 2.24) is 5.32 Å². The highest BCUT2D eigenvalue weighted by atomic mass is 16.3. The molecule has 0 aliphatic heterocycles. The van der Waals surface area contributed by atoms with Crippen LogP contribution in [0.5, 0.6) is 0 Å². The fourth-order valence-electron chi connectivity index (χ4n) is 9.32. The van der Waals surface area contributed by atoms with Gasteiger partial charge in [-0.05, 0) is 57.8 Å². The van der Waals surface area contributed by atoms with E-state index in [9.17, 15) is 20.1 Å². The predicted molar refractivity (Wildman–Crippen MR) is 291 cm³/mol. The van der Waals surface area contributed by atoms with Crippen LogP contribution in [-0.2, 0) is 4.79 Å². The smallest absolute Gasteiger partial charge is 0.249 e. The summed E-state index contributed by atoms with van der Waals surface area (Å²) in [5, 5.41) is 33.4. The first kappa shape index (κ1) is 64.6. The maximum Gasteiger partial charge on any atom is 0.249 e. The predicted octanol–water partition coefficient (Wildman–Crippen LogP) is 18.6. The summed E-state index contributed by atoms with van der Waals surface area (Å²) in [7, 11) is 0. The molecule has 0 fully saturated rings. The van der Waals surface area contributed by atoms with Crippen LogP contribution in [0.2, 0.25) is 0 Å². The Hall–Kier alpha value is -1.43. The molecule has 390 valence electrons. The second kappa shape index (κ2) is 56.2. The topological polar surface area (TPSA) is 89.8 Å². The van der Waals surface area contributed by atoms with Crippen molar-refractivity contribution >= 4 is 5.91 Å². The molecule has 4 N–H and O–H groups in total. The van der Waals surface area contributed by atoms with E-state index in [2.05, 4.69) is 43.5 Å². The van der Waals surface area contributed by atoms with Gasteiger partial charge in [-0.2, -0.15) is 0 Å². The van der Waals surface area contributed by atoms with Gasteiger partial charge in [0.1, 0.15) is 6.10 Å². The number of unbranched alkanes of at least 4 members (excludes halogenated alkanes) is 43. The molecule has 0 saturated carbocycles. The monoisotopic (exact) mass is 928 g/mol. The quantitative estimate of drug-likeness (QED) is 0.0361. The third kappa shape index (κ3) is 50.4. The molecule has 0 saturated heterocycles. The highest BCUT2D eigenvalue weighted by Gasteiger charge is 2.22. The van der Waals surface area contributed by atoms with Crippen LogP contribution >= 0.6 is 0 Å². The molecule has 0 spiro atoms. The van der Waals surface area contributed by atoms with E-state index in [1.807, 2.05) is 6.08 Å². The van der Waals surface area contributed by atoms with Gasteiger partial charge in [-0.15, -0.1) is 0 Å². The van der Waals surface area contributed by atoms with Gasteiger partial charge < -0.3 is 20.6 Å². The summed E-state index contributed by atoms with van der Waals surface area (Å²) in [6.45, 7) is 4.21. The summed E-state index contributed by atoms with van der Waals surface area (Å²) < 4.78 is 0. The number of carbonyl (C=O) groups is 1. The number of allylic oxidation sites excluding steroid dienone is 5. The third-order valence-corrected chi connectivity index (χ3v) is 14.0. The number of carbonyl (C=O) groups excluding carboxylic acids is 1. The standard InChI is InChI=1S/C61H117NO4/c1-3-5-7-9-11-13-15-17-19-21-23-25-27-29-30-31-32-34-36-38-40-42-44-46-48-50-52-54-56-60(65)61(66)62-58(57-63)59(64)55-53-51-49-47-45-43-41-39-37-35-33-28-26-24-22-20-18-16-14-12-10-8-6-4-2/h29-30,45,47,53,55,58-60,63-65H,3-28,31-44,46,48-52,54,56-57H2,1-2H3,(H,62,66)/b30-29-,47-45+,55-53+. The Bertz CT molecular complexity index is 1020. The van der Waals surface area contributed by atoms with E-state index < -0.39 is 24.2 Å². The molecule has 66 heavy (non-hydrogen) atoms. The van der Waals surface area contributed by atoms with Crippen molar-refractivity contribution in [2.24, 2.45) is 0 Å². The molecule has 5 nitrogen and oxygen atoms in total. The molecule has 0 bridgehead atoms. The molecule has 0 rings (SSSR count). The molecule has 0 heterocycles. The van der Waals surface area contributed by atoms with Gasteiger partial charge in [-0.3, -0.25) is 4.79 Å². The number of nitrogens with one attached hydrogen (secondary N) is 1. The van der Waals surface area contributed by atoms with Gasteiger partial charge in [0, 0.05) is 0 Å². The van der Waals surface area contributed by atoms with Crippen LogP contribution in [0.3, 0.4) is 0 Å². The van der Waals surface area contributed by atoms with Crippen molar-refractivity contribution in [3.63, 3.8) is 0 Å². The molecule has 0 aromatic carbocycles. The van der Waals surface area contributed by atoms with E-state index in [1.165, 1.54) is 263 Å². The maximum atomic E-state index is 12.6. The van der Waals surface area contributed by atoms with Crippen LogP contribution in [-0.4, -0.2) is 46.1 Å². The lowest BCUT2D eigenvalue weighted by atomic mass is 10.0. The Labute approximate surface area is 413 Å². The summed E-state index contributed by atoms with van der Waals surface area (Å²) in [4.78, 5) is 12.6. The molecule has 1 amide bonds. The van der Waals surface area contributed by atoms with Gasteiger partial charge in [-0.25, -0.2) is 0 Å². The SMILES string of the molecule is CCCCCCCCCCCCCC/C=C\CCCCCCCCCCCCCCC(O)C(=O)NC(CO)C(O)/C=C/CC/C=C/CCCCCCCCCCCCCCCCCCCC. The molecule has 0 aromatic heterocycles. The molecule has 0 aliphatic rings. The fourth-order valence-corrected chi connectivity index (χ4v) is 9.32. The second-order valence-corrected chi connectivity index (χ2v) is 20.5. The van der Waals surface area contributed by atoms with Crippen molar-refractivity contribution in [2.75, 3.05) is 6.61 Å². The molecule has 0 aromatic rings. The third-order valence-electron chi connectivity index (χ3n) is 14.0. The minimum absolute atomic E-state index is 0.375. The molecule has 0 aliphatic carbocycles. The van der Waals surface area contributed by atoms with Crippen molar-refractivity contribution in [2.45, 2.75) is 340 Å². The van der Waals surface area contributed by atoms with Gasteiger partial charge in [0.05, 0.1) is 18.8 Å². The zero-order chi connectivity index (χ0) is 47.9. The van der Waals surface area contributed by atoms with Crippen molar-refractivity contribution in [3.05, 3.63) is 36.5 Å². The number of aliphatic hydroxyl groups excluding tert-OH is 3. The number of hydrogen-bond donors (Lipinski definition) is 4. The molecule has 5 heteroatoms. The number of hydrogen-bond acceptors (Lipinski definition) is 4. The summed E-state index contributed by atoms with van der Waals surface area (Å²) in [5.74, 6) is -0.509. The lowest BCUT2D eigenvalue weighted by Gasteiger charge is -2.21. The van der Waals surface area contributed by atoms with Crippen molar-refractivity contribution in [1.29, 1.82) is 0 Å². The summed E-state index contributed by atoms with van der Waals surface area (Å²) in [6.07, 6.45) is 73.8. The minimum Gasteiger partial charge on any atom is -0.394 e. The van der Waals surface area contributed by atoms with Crippen LogP contribution in [0.25, 0.3) is 0 Å². The highest BCUT2D eigenvalue weighted by molar-refractivity contribution is 5.80. The highest BCUT2D eigenvalue weighted by Crippen LogP contribution is 2.17. The molecular formula is C61H117NO4. The Morgan fingerprint density at radius 1 is 0.364 bits per heavy atom. The van der Waals surface area contributed by atoms with Gasteiger partial charge in [-0.1, -0.05) is 301 Å².